The fourth-order valence-electron chi connectivity index (χ4n) is 1.41. The Kier molecular flexibility index (Phi) is 2.69. The Labute approximate surface area is 77.9 Å². The molecule has 1 aromatic rings. The third kappa shape index (κ3) is 2.02. The average molecular weight is 179 g/mol. The zero-order chi connectivity index (χ0) is 8.23. The molecular weight excluding hydrogens is 166 g/mol. The summed E-state index contributed by atoms with van der Waals surface area (Å²) in [4.78, 5) is 1.36. The van der Waals surface area contributed by atoms with E-state index in [1.165, 1.54) is 30.8 Å². The normalized spacial score (nSPS) is 18.3. The molecule has 1 nitrogen and oxygen atoms in total. The molecule has 0 unspecified atom stereocenters. The number of benzene rings is 1. The van der Waals surface area contributed by atoms with Crippen molar-refractivity contribution in [2.45, 2.75) is 17.7 Å². The van der Waals surface area contributed by atoms with Crippen molar-refractivity contribution in [3.8, 4) is 0 Å². The van der Waals surface area contributed by atoms with E-state index in [1.54, 1.807) is 0 Å². The van der Waals surface area contributed by atoms with Crippen LogP contribution in [0.4, 0.5) is 0 Å². The third-order valence-electron chi connectivity index (χ3n) is 2.04. The van der Waals surface area contributed by atoms with Gasteiger partial charge in [0.05, 0.1) is 0 Å². The van der Waals surface area contributed by atoms with E-state index in [4.69, 9.17) is 0 Å². The van der Waals surface area contributed by atoms with Crippen molar-refractivity contribution in [3.05, 3.63) is 30.3 Å². The summed E-state index contributed by atoms with van der Waals surface area (Å²) in [5, 5.41) is 0. The third-order valence-corrected chi connectivity index (χ3v) is 3.15. The number of hydrogen-bond acceptors (Lipinski definition) is 2. The van der Waals surface area contributed by atoms with Crippen molar-refractivity contribution in [2.24, 2.45) is 0 Å². The molecule has 1 aliphatic heterocycles. The van der Waals surface area contributed by atoms with Crippen LogP contribution in [0.1, 0.15) is 12.8 Å². The van der Waals surface area contributed by atoms with Gasteiger partial charge in [0.15, 0.2) is 0 Å². The lowest BCUT2D eigenvalue weighted by Crippen LogP contribution is -2.08. The van der Waals surface area contributed by atoms with Crippen molar-refractivity contribution in [2.75, 3.05) is 13.1 Å². The van der Waals surface area contributed by atoms with Gasteiger partial charge >= 0.3 is 0 Å². The van der Waals surface area contributed by atoms with Crippen LogP contribution in [-0.2, 0) is 0 Å². The number of rotatable bonds is 2. The van der Waals surface area contributed by atoms with Crippen LogP contribution < -0.4 is 0 Å². The predicted molar refractivity (Wildman–Crippen MR) is 53.1 cm³/mol. The zero-order valence-corrected chi connectivity index (χ0v) is 7.89. The molecular formula is C10H13NS. The molecule has 2 heteroatoms. The van der Waals surface area contributed by atoms with Gasteiger partial charge in [0, 0.05) is 18.0 Å². The van der Waals surface area contributed by atoms with Crippen molar-refractivity contribution >= 4 is 11.9 Å². The van der Waals surface area contributed by atoms with E-state index < -0.39 is 0 Å². The summed E-state index contributed by atoms with van der Waals surface area (Å²) in [6, 6.07) is 10.6. The zero-order valence-electron chi connectivity index (χ0n) is 7.07. The van der Waals surface area contributed by atoms with Gasteiger partial charge in [-0.05, 0) is 36.9 Å². The quantitative estimate of drug-likeness (QED) is 0.642. The van der Waals surface area contributed by atoms with Crippen molar-refractivity contribution < 1.29 is 0 Å². The monoisotopic (exact) mass is 179 g/mol. The molecule has 1 saturated heterocycles. The van der Waals surface area contributed by atoms with Gasteiger partial charge in [-0.2, -0.15) is 0 Å². The first-order valence-corrected chi connectivity index (χ1v) is 5.20. The van der Waals surface area contributed by atoms with Gasteiger partial charge in [-0.25, -0.2) is 4.31 Å². The molecule has 2 rings (SSSR count). The molecule has 0 radical (unpaired) electrons. The predicted octanol–water partition coefficient (Wildman–Crippen LogP) is 2.79. The van der Waals surface area contributed by atoms with Gasteiger partial charge in [-0.1, -0.05) is 18.2 Å². The lowest BCUT2D eigenvalue weighted by atomic mass is 10.4. The molecule has 1 aromatic carbocycles. The molecule has 0 saturated carbocycles. The maximum Gasteiger partial charge on any atom is 0.0230 e. The van der Waals surface area contributed by atoms with Crippen LogP contribution in [0.2, 0.25) is 0 Å². The van der Waals surface area contributed by atoms with Crippen molar-refractivity contribution in [1.29, 1.82) is 0 Å². The molecule has 1 fully saturated rings. The van der Waals surface area contributed by atoms with E-state index in [0.717, 1.165) is 0 Å². The average Bonchev–Trinajstić information content (AvgIpc) is 2.59. The topological polar surface area (TPSA) is 3.24 Å². The molecule has 0 amide bonds. The summed E-state index contributed by atoms with van der Waals surface area (Å²) in [7, 11) is 0. The summed E-state index contributed by atoms with van der Waals surface area (Å²) in [5.74, 6) is 0. The molecule has 64 valence electrons. The van der Waals surface area contributed by atoms with E-state index in [2.05, 4.69) is 34.6 Å². The Morgan fingerprint density at radius 3 is 2.33 bits per heavy atom. The molecule has 1 aliphatic rings. The van der Waals surface area contributed by atoms with Crippen LogP contribution in [0.5, 0.6) is 0 Å². The van der Waals surface area contributed by atoms with Gasteiger partial charge in [-0.3, -0.25) is 0 Å². The largest absolute Gasteiger partial charge is 0.246 e. The second-order valence-electron chi connectivity index (χ2n) is 3.04. The lowest BCUT2D eigenvalue weighted by Gasteiger charge is -2.12. The lowest BCUT2D eigenvalue weighted by molar-refractivity contribution is 0.586. The molecule has 0 N–H and O–H groups in total. The Morgan fingerprint density at radius 1 is 1.00 bits per heavy atom. The van der Waals surface area contributed by atoms with Crippen LogP contribution in [0.15, 0.2) is 35.2 Å². The van der Waals surface area contributed by atoms with Crippen LogP contribution in [0.25, 0.3) is 0 Å². The summed E-state index contributed by atoms with van der Waals surface area (Å²) in [5.41, 5.74) is 0. The van der Waals surface area contributed by atoms with Gasteiger partial charge in [-0.15, -0.1) is 0 Å². The van der Waals surface area contributed by atoms with Crippen LogP contribution in [0, 0.1) is 0 Å². The highest BCUT2D eigenvalue weighted by Crippen LogP contribution is 2.25. The second kappa shape index (κ2) is 3.97. The molecule has 0 aromatic heterocycles. The molecule has 0 atom stereocenters. The Morgan fingerprint density at radius 2 is 1.67 bits per heavy atom. The highest BCUT2D eigenvalue weighted by atomic mass is 32.2. The maximum absolute atomic E-state index is 2.44. The Balaban J connectivity index is 1.94. The molecule has 12 heavy (non-hydrogen) atoms. The van der Waals surface area contributed by atoms with Crippen molar-refractivity contribution in [1.82, 2.24) is 4.31 Å². The Bertz CT molecular complexity index is 229. The number of hydrogen-bond donors (Lipinski definition) is 0. The molecule has 0 spiro atoms. The fraction of sp³-hybridized carbons (Fsp3) is 0.400. The molecule has 0 bridgehead atoms. The smallest absolute Gasteiger partial charge is 0.0230 e. The van der Waals surface area contributed by atoms with Crippen LogP contribution in [-0.4, -0.2) is 17.4 Å². The highest BCUT2D eigenvalue weighted by Gasteiger charge is 2.11. The van der Waals surface area contributed by atoms with Crippen molar-refractivity contribution in [3.63, 3.8) is 0 Å². The molecule has 1 heterocycles. The fourth-order valence-corrected chi connectivity index (χ4v) is 2.43. The highest BCUT2D eigenvalue weighted by molar-refractivity contribution is 7.97. The second-order valence-corrected chi connectivity index (χ2v) is 4.21. The SMILES string of the molecule is c1ccc(SN2CCCC2)cc1. The van der Waals surface area contributed by atoms with E-state index in [1.807, 2.05) is 11.9 Å². The first kappa shape index (κ1) is 8.14. The minimum Gasteiger partial charge on any atom is -0.246 e. The minimum atomic E-state index is 1.25. The van der Waals surface area contributed by atoms with E-state index in [-0.39, 0.29) is 0 Å². The van der Waals surface area contributed by atoms with E-state index in [9.17, 15) is 0 Å². The van der Waals surface area contributed by atoms with Crippen LogP contribution >= 0.6 is 11.9 Å². The maximum atomic E-state index is 2.44. The standard InChI is InChI=1S/C10H13NS/c1-2-6-10(7-3-1)12-11-8-4-5-9-11/h1-3,6-7H,4-5,8-9H2. The first-order chi connectivity index (χ1) is 5.95. The van der Waals surface area contributed by atoms with Gasteiger partial charge in [0.25, 0.3) is 0 Å². The van der Waals surface area contributed by atoms with Gasteiger partial charge < -0.3 is 0 Å². The van der Waals surface area contributed by atoms with Gasteiger partial charge in [0.1, 0.15) is 0 Å². The first-order valence-electron chi connectivity index (χ1n) is 4.43. The summed E-state index contributed by atoms with van der Waals surface area (Å²) < 4.78 is 2.44. The Hall–Kier alpha value is -0.470. The van der Waals surface area contributed by atoms with E-state index >= 15 is 0 Å². The van der Waals surface area contributed by atoms with Gasteiger partial charge in [0.2, 0.25) is 0 Å². The summed E-state index contributed by atoms with van der Waals surface area (Å²) in [6.07, 6.45) is 2.72. The summed E-state index contributed by atoms with van der Waals surface area (Å²) in [6.45, 7) is 2.50. The van der Waals surface area contributed by atoms with Crippen LogP contribution in [0.3, 0.4) is 0 Å². The molecule has 0 aliphatic carbocycles. The van der Waals surface area contributed by atoms with E-state index in [0.29, 0.717) is 0 Å². The minimum absolute atomic E-state index is 1.25. The number of nitrogens with zero attached hydrogens (tertiary/aromatic N) is 1. The summed E-state index contributed by atoms with van der Waals surface area (Å²) >= 11 is 1.88.